The summed E-state index contributed by atoms with van der Waals surface area (Å²) >= 11 is 0. The Bertz CT molecular complexity index is 1530. The highest BCUT2D eigenvalue weighted by Gasteiger charge is 2.47. The second kappa shape index (κ2) is 8.81. The molecule has 3 aromatic carbocycles. The number of fused-ring (bicyclic) bond motifs is 1. The fourth-order valence-corrected chi connectivity index (χ4v) is 5.16. The van der Waals surface area contributed by atoms with Crippen molar-refractivity contribution in [3.05, 3.63) is 101 Å². The van der Waals surface area contributed by atoms with Gasteiger partial charge in [0.2, 0.25) is 11.8 Å². The maximum atomic E-state index is 13.8. The van der Waals surface area contributed by atoms with Gasteiger partial charge in [-0.15, -0.1) is 0 Å². The van der Waals surface area contributed by atoms with Crippen LogP contribution in [-0.4, -0.2) is 34.3 Å². The Morgan fingerprint density at radius 3 is 2.49 bits per heavy atom. The molecule has 0 saturated carbocycles. The van der Waals surface area contributed by atoms with Crippen molar-refractivity contribution < 1.29 is 23.3 Å². The molecule has 8 heteroatoms. The topological polar surface area (TPSA) is 92.5 Å². The maximum Gasteiger partial charge on any atom is 0.254 e. The van der Waals surface area contributed by atoms with Gasteiger partial charge in [-0.25, -0.2) is 4.39 Å². The molecule has 6 rings (SSSR count). The number of hydrogen-bond acceptors (Lipinski definition) is 5. The summed E-state index contributed by atoms with van der Waals surface area (Å²) in [7, 11) is 0. The standard InChI is InChI=1S/C29H22FN3O4/c30-22-11-8-20-16-33(27(35)23(20)14-22)17-29(13-12-26(34)31-28(29)36)21-9-6-19(7-10-21)25-15-24(32-37-25)18-4-2-1-3-5-18/h1-11,14-15H,12-13,16-17H2,(H,31,34,36)/t29-/m1/s1. The normalized spacial score (nSPS) is 19.2. The van der Waals surface area contributed by atoms with Crippen molar-refractivity contribution in [2.45, 2.75) is 24.8 Å². The summed E-state index contributed by atoms with van der Waals surface area (Å²) in [5.74, 6) is -1.02. The van der Waals surface area contributed by atoms with Crippen molar-refractivity contribution >= 4 is 17.7 Å². The first kappa shape index (κ1) is 22.8. The van der Waals surface area contributed by atoms with Gasteiger partial charge in [0, 0.05) is 42.3 Å². The fourth-order valence-electron chi connectivity index (χ4n) is 5.16. The number of hydrogen-bond donors (Lipinski definition) is 1. The minimum absolute atomic E-state index is 0.0705. The number of amides is 3. The smallest absolute Gasteiger partial charge is 0.254 e. The Balaban J connectivity index is 1.31. The predicted octanol–water partition coefficient (Wildman–Crippen LogP) is 4.48. The molecule has 7 nitrogen and oxygen atoms in total. The van der Waals surface area contributed by atoms with Crippen LogP contribution in [0.15, 0.2) is 83.4 Å². The van der Waals surface area contributed by atoms with E-state index in [1.807, 2.05) is 60.7 Å². The van der Waals surface area contributed by atoms with E-state index in [1.54, 1.807) is 11.0 Å². The van der Waals surface area contributed by atoms with Crippen LogP contribution in [0.2, 0.25) is 0 Å². The van der Waals surface area contributed by atoms with Crippen LogP contribution in [0.3, 0.4) is 0 Å². The molecule has 0 bridgehead atoms. The number of carbonyl (C=O) groups excluding carboxylic acids is 3. The average Bonchev–Trinajstić information content (AvgIpc) is 3.52. The maximum absolute atomic E-state index is 13.8. The fraction of sp³-hybridized carbons (Fsp3) is 0.172. The summed E-state index contributed by atoms with van der Waals surface area (Å²) in [6.07, 6.45) is 0.408. The van der Waals surface area contributed by atoms with Gasteiger partial charge in [0.15, 0.2) is 5.76 Å². The molecule has 37 heavy (non-hydrogen) atoms. The number of aromatic nitrogens is 1. The Kier molecular flexibility index (Phi) is 5.44. The van der Waals surface area contributed by atoms with Crippen molar-refractivity contribution in [3.8, 4) is 22.6 Å². The number of carbonyl (C=O) groups is 3. The van der Waals surface area contributed by atoms with E-state index < -0.39 is 17.1 Å². The van der Waals surface area contributed by atoms with Crippen LogP contribution in [0, 0.1) is 5.82 Å². The summed E-state index contributed by atoms with van der Waals surface area (Å²) in [5.41, 5.74) is 3.00. The number of halogens is 1. The molecule has 0 radical (unpaired) electrons. The van der Waals surface area contributed by atoms with Gasteiger partial charge in [0.05, 0.1) is 5.41 Å². The van der Waals surface area contributed by atoms with Crippen molar-refractivity contribution in [3.63, 3.8) is 0 Å². The number of nitrogens with one attached hydrogen (secondary N) is 1. The molecule has 1 N–H and O–H groups in total. The highest BCUT2D eigenvalue weighted by Crippen LogP contribution is 2.37. The first-order valence-electron chi connectivity index (χ1n) is 12.0. The quantitative estimate of drug-likeness (QED) is 0.412. The molecule has 0 unspecified atom stereocenters. The van der Waals surface area contributed by atoms with E-state index in [1.165, 1.54) is 12.1 Å². The molecule has 1 fully saturated rings. The van der Waals surface area contributed by atoms with E-state index in [4.69, 9.17) is 4.52 Å². The summed E-state index contributed by atoms with van der Waals surface area (Å²) in [6, 6.07) is 23.0. The zero-order valence-corrected chi connectivity index (χ0v) is 19.7. The molecule has 3 amide bonds. The lowest BCUT2D eigenvalue weighted by Crippen LogP contribution is -2.56. The van der Waals surface area contributed by atoms with E-state index >= 15 is 0 Å². The van der Waals surface area contributed by atoms with E-state index in [0.717, 1.165) is 11.1 Å². The number of piperidine rings is 1. The van der Waals surface area contributed by atoms with Gasteiger partial charge in [-0.05, 0) is 29.7 Å². The molecular weight excluding hydrogens is 473 g/mol. The van der Waals surface area contributed by atoms with E-state index in [-0.39, 0.29) is 37.7 Å². The van der Waals surface area contributed by atoms with Gasteiger partial charge in [0.1, 0.15) is 11.5 Å². The lowest BCUT2D eigenvalue weighted by atomic mass is 9.73. The Labute approximate surface area is 211 Å². The molecule has 4 aromatic rings. The molecule has 1 saturated heterocycles. The van der Waals surface area contributed by atoms with Crippen molar-refractivity contribution in [1.29, 1.82) is 0 Å². The van der Waals surface area contributed by atoms with E-state index in [9.17, 15) is 18.8 Å². The zero-order chi connectivity index (χ0) is 25.6. The van der Waals surface area contributed by atoms with E-state index in [2.05, 4.69) is 10.5 Å². The van der Waals surface area contributed by atoms with Crippen LogP contribution < -0.4 is 5.32 Å². The molecule has 2 aliphatic rings. The predicted molar refractivity (Wildman–Crippen MR) is 133 cm³/mol. The average molecular weight is 496 g/mol. The SMILES string of the molecule is O=C1CC[C@@](CN2Cc3ccc(F)cc3C2=O)(c2ccc(-c3cc(-c4ccccc4)no3)cc2)C(=O)N1. The third-order valence-corrected chi connectivity index (χ3v) is 7.18. The molecular formula is C29H22FN3O4. The van der Waals surface area contributed by atoms with Gasteiger partial charge >= 0.3 is 0 Å². The van der Waals surface area contributed by atoms with Gasteiger partial charge in [-0.3, -0.25) is 19.7 Å². The molecule has 1 atom stereocenters. The first-order valence-corrected chi connectivity index (χ1v) is 12.0. The third-order valence-electron chi connectivity index (χ3n) is 7.18. The minimum Gasteiger partial charge on any atom is -0.356 e. The van der Waals surface area contributed by atoms with Crippen molar-refractivity contribution in [2.75, 3.05) is 6.54 Å². The highest BCUT2D eigenvalue weighted by molar-refractivity contribution is 6.04. The third kappa shape index (κ3) is 4.00. The number of imide groups is 1. The molecule has 3 heterocycles. The van der Waals surface area contributed by atoms with Crippen LogP contribution in [0.4, 0.5) is 4.39 Å². The summed E-state index contributed by atoms with van der Waals surface area (Å²) in [5, 5.41) is 6.62. The number of rotatable bonds is 5. The lowest BCUT2D eigenvalue weighted by Gasteiger charge is -2.38. The number of nitrogens with zero attached hydrogens (tertiary/aromatic N) is 2. The van der Waals surface area contributed by atoms with Crippen LogP contribution in [0.25, 0.3) is 22.6 Å². The zero-order valence-electron chi connectivity index (χ0n) is 19.7. The summed E-state index contributed by atoms with van der Waals surface area (Å²) < 4.78 is 19.3. The molecule has 184 valence electrons. The van der Waals surface area contributed by atoms with Crippen LogP contribution in [-0.2, 0) is 21.5 Å². The largest absolute Gasteiger partial charge is 0.356 e. The van der Waals surface area contributed by atoms with Crippen LogP contribution in [0.5, 0.6) is 0 Å². The molecule has 0 aliphatic carbocycles. The Morgan fingerprint density at radius 1 is 0.946 bits per heavy atom. The van der Waals surface area contributed by atoms with Crippen molar-refractivity contribution in [1.82, 2.24) is 15.4 Å². The van der Waals surface area contributed by atoms with E-state index in [0.29, 0.717) is 28.1 Å². The second-order valence-corrected chi connectivity index (χ2v) is 9.44. The highest BCUT2D eigenvalue weighted by atomic mass is 19.1. The molecule has 0 spiro atoms. The van der Waals surface area contributed by atoms with Gasteiger partial charge in [-0.2, -0.15) is 0 Å². The van der Waals surface area contributed by atoms with Crippen LogP contribution >= 0.6 is 0 Å². The molecule has 1 aromatic heterocycles. The Morgan fingerprint density at radius 2 is 1.73 bits per heavy atom. The number of benzene rings is 3. The minimum atomic E-state index is -1.13. The molecule has 2 aliphatic heterocycles. The summed E-state index contributed by atoms with van der Waals surface area (Å²) in [4.78, 5) is 39.9. The first-order chi connectivity index (χ1) is 17.9. The van der Waals surface area contributed by atoms with Gasteiger partial charge in [-0.1, -0.05) is 65.8 Å². The van der Waals surface area contributed by atoms with Crippen LogP contribution in [0.1, 0.15) is 34.3 Å². The monoisotopic (exact) mass is 495 g/mol. The Hall–Kier alpha value is -4.59. The second-order valence-electron chi connectivity index (χ2n) is 9.44. The van der Waals surface area contributed by atoms with Gasteiger partial charge < -0.3 is 9.42 Å². The van der Waals surface area contributed by atoms with Crippen molar-refractivity contribution in [2.24, 2.45) is 0 Å². The summed E-state index contributed by atoms with van der Waals surface area (Å²) in [6.45, 7) is 0.344. The lowest BCUT2D eigenvalue weighted by molar-refractivity contribution is -0.138. The van der Waals surface area contributed by atoms with Gasteiger partial charge in [0.25, 0.3) is 5.91 Å².